The van der Waals surface area contributed by atoms with Crippen LogP contribution in [0, 0.1) is 6.92 Å². The van der Waals surface area contributed by atoms with Gasteiger partial charge in [-0.25, -0.2) is 8.42 Å². The van der Waals surface area contributed by atoms with E-state index in [1.54, 1.807) is 12.1 Å². The second kappa shape index (κ2) is 6.71. The van der Waals surface area contributed by atoms with Crippen molar-refractivity contribution in [2.45, 2.75) is 24.2 Å². The summed E-state index contributed by atoms with van der Waals surface area (Å²) >= 11 is 0. The Bertz CT molecular complexity index is 646. The van der Waals surface area contributed by atoms with Crippen molar-refractivity contribution in [3.05, 3.63) is 61.5 Å². The Balaban J connectivity index is 2.38. The van der Waals surface area contributed by atoms with Crippen LogP contribution in [0.3, 0.4) is 0 Å². The van der Waals surface area contributed by atoms with Gasteiger partial charge in [-0.2, -0.15) is 0 Å². The van der Waals surface area contributed by atoms with Gasteiger partial charge in [0.25, 0.3) is 0 Å². The zero-order chi connectivity index (χ0) is 14.4. The van der Waals surface area contributed by atoms with E-state index in [2.05, 4.69) is 6.92 Å². The fourth-order valence-corrected chi connectivity index (χ4v) is 3.78. The molecule has 0 N–H and O–H groups in total. The molecule has 0 atom stereocenters. The maximum absolute atomic E-state index is 12.5. The minimum atomic E-state index is -3.24. The maximum atomic E-state index is 12.5. The summed E-state index contributed by atoms with van der Waals surface area (Å²) in [5, 5.41) is 0. The van der Waals surface area contributed by atoms with Crippen molar-refractivity contribution in [1.29, 1.82) is 0 Å². The van der Waals surface area contributed by atoms with Gasteiger partial charge in [0, 0.05) is 5.56 Å². The van der Waals surface area contributed by atoms with Gasteiger partial charge >= 0.3 is 0 Å². The van der Waals surface area contributed by atoms with Crippen LogP contribution in [0.15, 0.2) is 59.5 Å². The first-order valence-corrected chi connectivity index (χ1v) is 8.47. The van der Waals surface area contributed by atoms with Crippen molar-refractivity contribution in [3.8, 4) is 11.1 Å². The lowest BCUT2D eigenvalue weighted by molar-refractivity contribution is 0.592. The molecule has 0 unspecified atom stereocenters. The van der Waals surface area contributed by atoms with Gasteiger partial charge in [0.1, 0.15) is 0 Å². The summed E-state index contributed by atoms with van der Waals surface area (Å²) in [5.41, 5.74) is 1.71. The highest BCUT2D eigenvalue weighted by atomic mass is 32.2. The van der Waals surface area contributed by atoms with Gasteiger partial charge in [-0.05, 0) is 18.1 Å². The highest BCUT2D eigenvalue weighted by Crippen LogP contribution is 2.28. The molecule has 0 heterocycles. The van der Waals surface area contributed by atoms with E-state index in [1.807, 2.05) is 42.5 Å². The molecule has 0 aliphatic heterocycles. The molecule has 2 aromatic rings. The smallest absolute Gasteiger partial charge is 0.178 e. The molecule has 105 valence electrons. The third-order valence-corrected chi connectivity index (χ3v) is 5.07. The van der Waals surface area contributed by atoms with Gasteiger partial charge in [0.05, 0.1) is 10.6 Å². The van der Waals surface area contributed by atoms with Crippen LogP contribution in [0.5, 0.6) is 0 Å². The van der Waals surface area contributed by atoms with Crippen molar-refractivity contribution in [1.82, 2.24) is 0 Å². The summed E-state index contributed by atoms with van der Waals surface area (Å²) in [7, 11) is -3.24. The van der Waals surface area contributed by atoms with Crippen molar-refractivity contribution in [2.24, 2.45) is 0 Å². The molecule has 0 fully saturated rings. The van der Waals surface area contributed by atoms with E-state index in [1.165, 1.54) is 0 Å². The van der Waals surface area contributed by atoms with Crippen LogP contribution in [0.2, 0.25) is 0 Å². The fourth-order valence-electron chi connectivity index (χ4n) is 2.17. The number of rotatable bonds is 6. The average molecular weight is 287 g/mol. The topological polar surface area (TPSA) is 34.1 Å². The van der Waals surface area contributed by atoms with Crippen molar-refractivity contribution in [2.75, 3.05) is 5.75 Å². The third-order valence-electron chi connectivity index (χ3n) is 3.22. The maximum Gasteiger partial charge on any atom is 0.178 e. The van der Waals surface area contributed by atoms with Crippen LogP contribution >= 0.6 is 0 Å². The Morgan fingerprint density at radius 1 is 0.850 bits per heavy atom. The molecule has 0 aliphatic rings. The predicted octanol–water partition coefficient (Wildman–Crippen LogP) is 4.13. The quantitative estimate of drug-likeness (QED) is 0.749. The van der Waals surface area contributed by atoms with E-state index in [0.29, 0.717) is 11.3 Å². The van der Waals surface area contributed by atoms with Crippen LogP contribution in [-0.2, 0) is 9.84 Å². The van der Waals surface area contributed by atoms with Crippen LogP contribution in [0.4, 0.5) is 0 Å². The molecule has 0 spiro atoms. The van der Waals surface area contributed by atoms with Gasteiger partial charge < -0.3 is 0 Å². The minimum Gasteiger partial charge on any atom is -0.224 e. The molecule has 0 amide bonds. The number of hydrogen-bond acceptors (Lipinski definition) is 2. The summed E-state index contributed by atoms with van der Waals surface area (Å²) in [6.45, 7) is 3.75. The fraction of sp³-hybridized carbons (Fsp3) is 0.235. The summed E-state index contributed by atoms with van der Waals surface area (Å²) < 4.78 is 25.0. The number of hydrogen-bond donors (Lipinski definition) is 0. The molecular formula is C17H19O2S. The molecule has 2 rings (SSSR count). The first-order valence-electron chi connectivity index (χ1n) is 6.81. The molecule has 0 saturated carbocycles. The van der Waals surface area contributed by atoms with Crippen molar-refractivity contribution < 1.29 is 8.42 Å². The van der Waals surface area contributed by atoms with Crippen LogP contribution < -0.4 is 0 Å². The summed E-state index contributed by atoms with van der Waals surface area (Å²) in [6.07, 6.45) is 2.28. The van der Waals surface area contributed by atoms with Crippen LogP contribution in [-0.4, -0.2) is 14.2 Å². The Kier molecular flexibility index (Phi) is 4.96. The van der Waals surface area contributed by atoms with E-state index in [9.17, 15) is 8.42 Å². The Morgan fingerprint density at radius 3 is 2.20 bits per heavy atom. The molecule has 2 nitrogen and oxygen atoms in total. The Labute approximate surface area is 121 Å². The second-order valence-corrected chi connectivity index (χ2v) is 6.82. The molecular weight excluding hydrogens is 268 g/mol. The highest BCUT2D eigenvalue weighted by molar-refractivity contribution is 7.91. The van der Waals surface area contributed by atoms with Crippen LogP contribution in [0.25, 0.3) is 11.1 Å². The van der Waals surface area contributed by atoms with Gasteiger partial charge in [0.15, 0.2) is 9.84 Å². The van der Waals surface area contributed by atoms with E-state index in [-0.39, 0.29) is 5.75 Å². The number of unbranched alkanes of at least 4 members (excludes halogenated alkanes) is 2. The number of sulfone groups is 1. The third kappa shape index (κ3) is 3.48. The Morgan fingerprint density at radius 2 is 1.50 bits per heavy atom. The molecule has 3 heteroatoms. The summed E-state index contributed by atoms with van der Waals surface area (Å²) in [5.74, 6) is 0.187. The molecule has 0 bridgehead atoms. The summed E-state index contributed by atoms with van der Waals surface area (Å²) in [4.78, 5) is 0.426. The standard InChI is InChI=1S/C17H19O2S/c1-2-3-9-14-20(18,19)17-13-8-7-12-16(17)15-10-5-4-6-11-15/h4-8,10-13H,1-3,9,14H2. The lowest BCUT2D eigenvalue weighted by Crippen LogP contribution is -2.08. The van der Waals surface area contributed by atoms with Crippen molar-refractivity contribution in [3.63, 3.8) is 0 Å². The first-order chi connectivity index (χ1) is 9.65. The molecule has 20 heavy (non-hydrogen) atoms. The Hall–Kier alpha value is -1.61. The zero-order valence-corrected chi connectivity index (χ0v) is 12.3. The first kappa shape index (κ1) is 14.8. The van der Waals surface area contributed by atoms with Gasteiger partial charge in [0.2, 0.25) is 0 Å². The van der Waals surface area contributed by atoms with Crippen LogP contribution in [0.1, 0.15) is 19.3 Å². The lowest BCUT2D eigenvalue weighted by Gasteiger charge is -2.10. The van der Waals surface area contributed by atoms with E-state index in [4.69, 9.17) is 0 Å². The molecule has 0 aliphatic carbocycles. The van der Waals surface area contributed by atoms with Crippen molar-refractivity contribution >= 4 is 9.84 Å². The van der Waals surface area contributed by atoms with Gasteiger partial charge in [-0.1, -0.05) is 68.3 Å². The highest BCUT2D eigenvalue weighted by Gasteiger charge is 2.18. The molecule has 1 radical (unpaired) electrons. The minimum absolute atomic E-state index is 0.187. The monoisotopic (exact) mass is 287 g/mol. The van der Waals surface area contributed by atoms with E-state index in [0.717, 1.165) is 24.0 Å². The SMILES string of the molecule is [CH2]CCCCS(=O)(=O)c1ccccc1-c1ccccc1. The van der Waals surface area contributed by atoms with E-state index >= 15 is 0 Å². The second-order valence-electron chi connectivity index (χ2n) is 4.74. The van der Waals surface area contributed by atoms with Gasteiger partial charge in [-0.3, -0.25) is 0 Å². The largest absolute Gasteiger partial charge is 0.224 e. The predicted molar refractivity (Wildman–Crippen MR) is 83.1 cm³/mol. The van der Waals surface area contributed by atoms with E-state index < -0.39 is 9.84 Å². The summed E-state index contributed by atoms with van der Waals surface area (Å²) in [6, 6.07) is 16.8. The normalized spacial score (nSPS) is 11.4. The molecule has 0 aromatic heterocycles. The number of benzene rings is 2. The molecule has 0 saturated heterocycles. The molecule has 2 aromatic carbocycles. The zero-order valence-electron chi connectivity index (χ0n) is 11.5. The lowest BCUT2D eigenvalue weighted by atomic mass is 10.1. The van der Waals surface area contributed by atoms with Gasteiger partial charge in [-0.15, -0.1) is 0 Å². The average Bonchev–Trinajstić information content (AvgIpc) is 2.48.